The van der Waals surface area contributed by atoms with Crippen LogP contribution in [0.5, 0.6) is 0 Å². The molecule has 1 rings (SSSR count). The quantitative estimate of drug-likeness (QED) is 0.621. The van der Waals surface area contributed by atoms with Gasteiger partial charge in [0.25, 0.3) is 0 Å². The molecule has 0 fully saturated rings. The molecule has 1 heterocycles. The van der Waals surface area contributed by atoms with Crippen LogP contribution in [0.25, 0.3) is 0 Å². The van der Waals surface area contributed by atoms with Crippen molar-refractivity contribution >= 4 is 33.5 Å². The third kappa shape index (κ3) is 4.32. The molecular formula is C10H13BrN2OS. The molecule has 0 amide bonds. The summed E-state index contributed by atoms with van der Waals surface area (Å²) in [4.78, 5) is 3.99. The fourth-order valence-electron chi connectivity index (χ4n) is 0.766. The van der Waals surface area contributed by atoms with Crippen LogP contribution in [0.3, 0.4) is 0 Å². The van der Waals surface area contributed by atoms with Crippen molar-refractivity contribution in [3.63, 3.8) is 0 Å². The van der Waals surface area contributed by atoms with Gasteiger partial charge in [0.2, 0.25) is 0 Å². The summed E-state index contributed by atoms with van der Waals surface area (Å²) in [7, 11) is 0. The Hall–Kier alpha value is -0.390. The largest absolute Gasteiger partial charge is 0.591 e. The number of nitrogens with zero attached hydrogens (tertiary/aromatic N) is 2. The van der Waals surface area contributed by atoms with E-state index >= 15 is 0 Å². The molecule has 1 aromatic rings. The molecule has 0 radical (unpaired) electrons. The summed E-state index contributed by atoms with van der Waals surface area (Å²) in [5.41, 5.74) is 0.835. The van der Waals surface area contributed by atoms with Gasteiger partial charge in [-0.3, -0.25) is 4.98 Å². The van der Waals surface area contributed by atoms with Crippen molar-refractivity contribution in [3.05, 3.63) is 28.5 Å². The summed E-state index contributed by atoms with van der Waals surface area (Å²) in [6, 6.07) is 1.87. The monoisotopic (exact) mass is 288 g/mol. The van der Waals surface area contributed by atoms with E-state index < -0.39 is 11.4 Å². The van der Waals surface area contributed by atoms with Gasteiger partial charge in [0.1, 0.15) is 16.1 Å². The van der Waals surface area contributed by atoms with Gasteiger partial charge < -0.3 is 4.55 Å². The van der Waals surface area contributed by atoms with E-state index in [2.05, 4.69) is 25.3 Å². The Bertz CT molecular complexity index is 363. The smallest absolute Gasteiger partial charge is 0.144 e. The predicted octanol–water partition coefficient (Wildman–Crippen LogP) is 2.73. The summed E-state index contributed by atoms with van der Waals surface area (Å²) in [6.45, 7) is 5.67. The molecule has 0 spiro atoms. The van der Waals surface area contributed by atoms with Crippen molar-refractivity contribution in [2.45, 2.75) is 25.5 Å². The Kier molecular flexibility index (Phi) is 4.31. The lowest BCUT2D eigenvalue weighted by Crippen LogP contribution is -2.25. The third-order valence-corrected chi connectivity index (χ3v) is 3.33. The van der Waals surface area contributed by atoms with Gasteiger partial charge in [-0.05, 0) is 42.8 Å². The maximum Gasteiger partial charge on any atom is 0.144 e. The van der Waals surface area contributed by atoms with E-state index in [9.17, 15) is 4.55 Å². The van der Waals surface area contributed by atoms with Gasteiger partial charge >= 0.3 is 0 Å². The van der Waals surface area contributed by atoms with E-state index in [1.165, 1.54) is 0 Å². The molecule has 3 nitrogen and oxygen atoms in total. The summed E-state index contributed by atoms with van der Waals surface area (Å²) >= 11 is 2.09. The van der Waals surface area contributed by atoms with Crippen LogP contribution in [0.4, 0.5) is 0 Å². The summed E-state index contributed by atoms with van der Waals surface area (Å²) in [5, 5.41) is 0. The number of rotatable bonds is 2. The molecule has 0 aliphatic rings. The van der Waals surface area contributed by atoms with Crippen molar-refractivity contribution in [1.29, 1.82) is 0 Å². The Balaban J connectivity index is 2.74. The highest BCUT2D eigenvalue weighted by Gasteiger charge is 2.25. The molecule has 1 aromatic heterocycles. The molecule has 15 heavy (non-hydrogen) atoms. The molecule has 1 atom stereocenters. The fraction of sp³-hybridized carbons (Fsp3) is 0.400. The topological polar surface area (TPSA) is 48.3 Å². The third-order valence-electron chi connectivity index (χ3n) is 1.55. The number of aromatic nitrogens is 1. The molecular weight excluding hydrogens is 276 g/mol. The number of hydrogen-bond acceptors (Lipinski definition) is 3. The maximum absolute atomic E-state index is 11.6. The van der Waals surface area contributed by atoms with E-state index in [0.717, 1.165) is 10.0 Å². The lowest BCUT2D eigenvalue weighted by atomic mass is 10.3. The first-order valence-electron chi connectivity index (χ1n) is 4.46. The first kappa shape index (κ1) is 12.7. The van der Waals surface area contributed by atoms with E-state index in [1.807, 2.05) is 26.8 Å². The highest BCUT2D eigenvalue weighted by atomic mass is 79.9. The Labute approximate surface area is 101 Å². The highest BCUT2D eigenvalue weighted by Crippen LogP contribution is 2.17. The Morgan fingerprint density at radius 1 is 1.47 bits per heavy atom. The lowest BCUT2D eigenvalue weighted by molar-refractivity contribution is 0.562. The normalized spacial score (nSPS) is 14.5. The van der Waals surface area contributed by atoms with Gasteiger partial charge in [0.15, 0.2) is 0 Å². The van der Waals surface area contributed by atoms with Crippen LogP contribution in [-0.2, 0) is 11.4 Å². The minimum atomic E-state index is -1.22. The Morgan fingerprint density at radius 3 is 2.67 bits per heavy atom. The van der Waals surface area contributed by atoms with Crippen molar-refractivity contribution < 1.29 is 4.55 Å². The van der Waals surface area contributed by atoms with Gasteiger partial charge in [-0.25, -0.2) is 0 Å². The van der Waals surface area contributed by atoms with Crippen LogP contribution < -0.4 is 0 Å². The van der Waals surface area contributed by atoms with Crippen molar-refractivity contribution in [2.75, 3.05) is 0 Å². The van der Waals surface area contributed by atoms with Gasteiger partial charge in [-0.1, -0.05) is 4.40 Å². The maximum atomic E-state index is 11.6. The molecule has 5 heteroatoms. The number of halogens is 1. The minimum absolute atomic E-state index is 0.323. The van der Waals surface area contributed by atoms with Gasteiger partial charge in [0.05, 0.1) is 6.21 Å². The summed E-state index contributed by atoms with van der Waals surface area (Å²) < 4.78 is 16.2. The van der Waals surface area contributed by atoms with Crippen LogP contribution in [-0.4, -0.2) is 20.5 Å². The zero-order chi connectivity index (χ0) is 11.5. The average molecular weight is 289 g/mol. The minimum Gasteiger partial charge on any atom is -0.591 e. The van der Waals surface area contributed by atoms with Crippen molar-refractivity contribution in [2.24, 2.45) is 4.40 Å². The number of hydrogen-bond donors (Lipinski definition) is 0. The molecule has 0 aliphatic heterocycles. The molecule has 1 unspecified atom stereocenters. The first-order valence-corrected chi connectivity index (χ1v) is 6.36. The van der Waals surface area contributed by atoms with E-state index in [4.69, 9.17) is 0 Å². The van der Waals surface area contributed by atoms with E-state index in [0.29, 0.717) is 0 Å². The van der Waals surface area contributed by atoms with Crippen LogP contribution in [0.15, 0.2) is 27.3 Å². The second kappa shape index (κ2) is 5.09. The second-order valence-corrected chi connectivity index (χ2v) is 6.88. The standard InChI is InChI=1S/C10H13BrN2OS/c1-10(2,3)15(14)13-6-8-4-9(11)7-12-5-8/h4-7H,1-3H3. The molecule has 82 valence electrons. The first-order chi connectivity index (χ1) is 6.89. The highest BCUT2D eigenvalue weighted by molar-refractivity contribution is 9.10. The SMILES string of the molecule is CC(C)(C)[S+]([O-])N=Cc1cncc(Br)c1. The average Bonchev–Trinajstić information content (AvgIpc) is 2.12. The van der Waals surface area contributed by atoms with Crippen LogP contribution in [0.1, 0.15) is 26.3 Å². The van der Waals surface area contributed by atoms with Gasteiger partial charge in [-0.2, -0.15) is 0 Å². The molecule has 0 N–H and O–H groups in total. The number of pyridine rings is 1. The van der Waals surface area contributed by atoms with Gasteiger partial charge in [-0.15, -0.1) is 0 Å². The summed E-state index contributed by atoms with van der Waals surface area (Å²) in [6.07, 6.45) is 4.95. The zero-order valence-corrected chi connectivity index (χ0v) is 11.3. The Morgan fingerprint density at radius 2 is 2.13 bits per heavy atom. The molecule has 0 aliphatic carbocycles. The van der Waals surface area contributed by atoms with Crippen LogP contribution >= 0.6 is 15.9 Å². The lowest BCUT2D eigenvalue weighted by Gasteiger charge is -2.17. The summed E-state index contributed by atoms with van der Waals surface area (Å²) in [5.74, 6) is 0. The van der Waals surface area contributed by atoms with Crippen molar-refractivity contribution in [1.82, 2.24) is 4.98 Å². The molecule has 0 bridgehead atoms. The van der Waals surface area contributed by atoms with Crippen molar-refractivity contribution in [3.8, 4) is 0 Å². The second-order valence-electron chi connectivity index (χ2n) is 4.03. The molecule has 0 aromatic carbocycles. The molecule has 0 saturated heterocycles. The van der Waals surface area contributed by atoms with Crippen LogP contribution in [0.2, 0.25) is 0 Å². The van der Waals surface area contributed by atoms with E-state index in [-0.39, 0.29) is 4.75 Å². The molecule has 0 saturated carbocycles. The fourth-order valence-corrected chi connectivity index (χ4v) is 1.68. The van der Waals surface area contributed by atoms with E-state index in [1.54, 1.807) is 18.6 Å². The zero-order valence-electron chi connectivity index (χ0n) is 8.90. The predicted molar refractivity (Wildman–Crippen MR) is 67.4 cm³/mol. The van der Waals surface area contributed by atoms with Gasteiger partial charge in [0, 0.05) is 22.4 Å². The van der Waals surface area contributed by atoms with Crippen LogP contribution in [0, 0.1) is 0 Å².